The zero-order valence-electron chi connectivity index (χ0n) is 12.7. The van der Waals surface area contributed by atoms with Crippen LogP contribution < -0.4 is 9.46 Å². The van der Waals surface area contributed by atoms with Crippen LogP contribution in [0, 0.1) is 6.92 Å². The molecule has 22 heavy (non-hydrogen) atoms. The molecule has 1 N–H and O–H groups in total. The van der Waals surface area contributed by atoms with Gasteiger partial charge < -0.3 is 4.74 Å². The number of hydrogen-bond acceptors (Lipinski definition) is 3. The molecule has 0 unspecified atom stereocenters. The van der Waals surface area contributed by atoms with Crippen LogP contribution >= 0.6 is 11.6 Å². The maximum atomic E-state index is 12.5. The number of ether oxygens (including phenoxy) is 1. The van der Waals surface area contributed by atoms with Crippen LogP contribution in [-0.2, 0) is 16.4 Å². The Morgan fingerprint density at radius 3 is 2.59 bits per heavy atom. The third-order valence-corrected chi connectivity index (χ3v) is 5.23. The Kier molecular flexibility index (Phi) is 4.98. The zero-order valence-corrected chi connectivity index (χ0v) is 14.3. The first-order chi connectivity index (χ1) is 10.4. The summed E-state index contributed by atoms with van der Waals surface area (Å²) in [5.74, 6) is 0.681. The summed E-state index contributed by atoms with van der Waals surface area (Å²) >= 11 is 6.02. The number of aryl methyl sites for hydroxylation is 1. The summed E-state index contributed by atoms with van der Waals surface area (Å²) in [5.41, 5.74) is 2.01. The van der Waals surface area contributed by atoms with Gasteiger partial charge in [0.25, 0.3) is 10.0 Å². The monoisotopic (exact) mass is 339 g/mol. The van der Waals surface area contributed by atoms with E-state index in [2.05, 4.69) is 4.72 Å². The lowest BCUT2D eigenvalue weighted by Crippen LogP contribution is -2.14. The van der Waals surface area contributed by atoms with Gasteiger partial charge in [-0.1, -0.05) is 24.6 Å². The molecule has 4 nitrogen and oxygen atoms in total. The number of nitrogens with one attached hydrogen (secondary N) is 1. The maximum absolute atomic E-state index is 12.5. The van der Waals surface area contributed by atoms with E-state index in [9.17, 15) is 8.42 Å². The second-order valence-electron chi connectivity index (χ2n) is 4.85. The van der Waals surface area contributed by atoms with Crippen molar-refractivity contribution in [2.45, 2.75) is 25.2 Å². The van der Waals surface area contributed by atoms with Crippen molar-refractivity contribution in [3.05, 3.63) is 52.5 Å². The van der Waals surface area contributed by atoms with E-state index in [1.165, 1.54) is 6.07 Å². The first kappa shape index (κ1) is 16.6. The second-order valence-corrected chi connectivity index (χ2v) is 6.93. The maximum Gasteiger partial charge on any atom is 0.261 e. The molecule has 0 atom stereocenters. The van der Waals surface area contributed by atoms with Crippen molar-refractivity contribution in [3.63, 3.8) is 0 Å². The van der Waals surface area contributed by atoms with Gasteiger partial charge in [-0.2, -0.15) is 0 Å². The molecule has 2 aromatic rings. The van der Waals surface area contributed by atoms with Crippen LogP contribution in [-0.4, -0.2) is 15.5 Å². The van der Waals surface area contributed by atoms with E-state index < -0.39 is 10.0 Å². The number of sulfonamides is 1. The van der Waals surface area contributed by atoms with E-state index in [1.54, 1.807) is 44.4 Å². The summed E-state index contributed by atoms with van der Waals surface area (Å²) in [4.78, 5) is 0.199. The summed E-state index contributed by atoms with van der Waals surface area (Å²) in [6, 6.07) is 9.93. The Morgan fingerprint density at radius 1 is 1.23 bits per heavy atom. The van der Waals surface area contributed by atoms with Crippen molar-refractivity contribution in [3.8, 4) is 5.75 Å². The number of benzene rings is 2. The molecule has 0 aliphatic heterocycles. The molecule has 0 saturated carbocycles. The van der Waals surface area contributed by atoms with Gasteiger partial charge in [-0.3, -0.25) is 4.72 Å². The van der Waals surface area contributed by atoms with Crippen molar-refractivity contribution < 1.29 is 13.2 Å². The second kappa shape index (κ2) is 6.58. The zero-order chi connectivity index (χ0) is 16.3. The smallest absolute Gasteiger partial charge is 0.261 e. The van der Waals surface area contributed by atoms with Gasteiger partial charge in [0.1, 0.15) is 5.75 Å². The van der Waals surface area contributed by atoms with Crippen LogP contribution in [0.25, 0.3) is 0 Å². The first-order valence-corrected chi connectivity index (χ1v) is 8.70. The molecule has 0 fully saturated rings. The van der Waals surface area contributed by atoms with Gasteiger partial charge in [0.2, 0.25) is 0 Å². The average molecular weight is 340 g/mol. The minimum Gasteiger partial charge on any atom is -0.496 e. The first-order valence-electron chi connectivity index (χ1n) is 6.84. The standard InChI is InChI=1S/C16H18ClNO3S/c1-4-12-10-13(8-9-16(12)21-3)22(19,20)18-15-7-5-6-14(17)11(15)2/h5-10,18H,4H2,1-3H3. The largest absolute Gasteiger partial charge is 0.496 e. The number of rotatable bonds is 5. The summed E-state index contributed by atoms with van der Waals surface area (Å²) in [6.45, 7) is 3.72. The minimum atomic E-state index is -3.67. The van der Waals surface area contributed by atoms with Gasteiger partial charge in [0.05, 0.1) is 17.7 Å². The van der Waals surface area contributed by atoms with Crippen molar-refractivity contribution >= 4 is 27.3 Å². The highest BCUT2D eigenvalue weighted by atomic mass is 35.5. The highest BCUT2D eigenvalue weighted by Gasteiger charge is 2.17. The van der Waals surface area contributed by atoms with Crippen molar-refractivity contribution in [1.82, 2.24) is 0 Å². The Balaban J connectivity index is 2.40. The van der Waals surface area contributed by atoms with Crippen LogP contribution in [0.1, 0.15) is 18.1 Å². The predicted octanol–water partition coefficient (Wildman–Crippen LogP) is 4.02. The van der Waals surface area contributed by atoms with Crippen LogP contribution in [0.5, 0.6) is 5.75 Å². The van der Waals surface area contributed by atoms with Gasteiger partial charge in [0.15, 0.2) is 0 Å². The van der Waals surface area contributed by atoms with Crippen LogP contribution in [0.3, 0.4) is 0 Å². The topological polar surface area (TPSA) is 55.4 Å². The number of methoxy groups -OCH3 is 1. The van der Waals surface area contributed by atoms with Gasteiger partial charge in [-0.25, -0.2) is 8.42 Å². The Labute approximate surface area is 136 Å². The number of anilines is 1. The van der Waals surface area contributed by atoms with E-state index in [4.69, 9.17) is 16.3 Å². The van der Waals surface area contributed by atoms with Crippen molar-refractivity contribution in [1.29, 1.82) is 0 Å². The molecule has 2 rings (SSSR count). The van der Waals surface area contributed by atoms with Crippen LogP contribution in [0.15, 0.2) is 41.3 Å². The van der Waals surface area contributed by atoms with Crippen molar-refractivity contribution in [2.24, 2.45) is 0 Å². The summed E-state index contributed by atoms with van der Waals surface area (Å²) < 4.78 is 32.9. The fraction of sp³-hybridized carbons (Fsp3) is 0.250. The normalized spacial score (nSPS) is 11.3. The molecule has 0 radical (unpaired) electrons. The van der Waals surface area contributed by atoms with Crippen molar-refractivity contribution in [2.75, 3.05) is 11.8 Å². The molecular weight excluding hydrogens is 322 g/mol. The molecule has 0 amide bonds. The molecular formula is C16H18ClNO3S. The lowest BCUT2D eigenvalue weighted by molar-refractivity contribution is 0.409. The van der Waals surface area contributed by atoms with Crippen LogP contribution in [0.2, 0.25) is 5.02 Å². The van der Waals surface area contributed by atoms with Gasteiger partial charge in [0, 0.05) is 5.02 Å². The number of hydrogen-bond donors (Lipinski definition) is 1. The average Bonchev–Trinajstić information content (AvgIpc) is 2.51. The third kappa shape index (κ3) is 3.36. The van der Waals surface area contributed by atoms with Gasteiger partial charge >= 0.3 is 0 Å². The molecule has 0 heterocycles. The van der Waals surface area contributed by atoms with E-state index >= 15 is 0 Å². The Bertz CT molecular complexity index is 788. The van der Waals surface area contributed by atoms with E-state index in [0.717, 1.165) is 5.56 Å². The fourth-order valence-corrected chi connectivity index (χ4v) is 3.47. The van der Waals surface area contributed by atoms with Crippen LogP contribution in [0.4, 0.5) is 5.69 Å². The van der Waals surface area contributed by atoms with E-state index in [-0.39, 0.29) is 4.90 Å². The molecule has 118 valence electrons. The highest BCUT2D eigenvalue weighted by molar-refractivity contribution is 7.92. The minimum absolute atomic E-state index is 0.199. The molecule has 0 aromatic heterocycles. The predicted molar refractivity (Wildman–Crippen MR) is 89.4 cm³/mol. The molecule has 0 aliphatic carbocycles. The van der Waals surface area contributed by atoms with Gasteiger partial charge in [-0.05, 0) is 54.8 Å². The summed E-state index contributed by atoms with van der Waals surface area (Å²) in [5, 5.41) is 0.518. The Hall–Kier alpha value is -1.72. The molecule has 0 spiro atoms. The SMILES string of the molecule is CCc1cc(S(=O)(=O)Nc2cccc(Cl)c2C)ccc1OC. The lowest BCUT2D eigenvalue weighted by atomic mass is 10.1. The third-order valence-electron chi connectivity index (χ3n) is 3.46. The van der Waals surface area contributed by atoms with E-state index in [1.807, 2.05) is 6.92 Å². The molecule has 6 heteroatoms. The quantitative estimate of drug-likeness (QED) is 0.895. The number of halogens is 1. The molecule has 0 bridgehead atoms. The van der Waals surface area contributed by atoms with Gasteiger partial charge in [-0.15, -0.1) is 0 Å². The summed E-state index contributed by atoms with van der Waals surface area (Å²) in [7, 11) is -2.11. The molecule has 2 aromatic carbocycles. The highest BCUT2D eigenvalue weighted by Crippen LogP contribution is 2.27. The summed E-state index contributed by atoms with van der Waals surface area (Å²) in [6.07, 6.45) is 0.683. The fourth-order valence-electron chi connectivity index (χ4n) is 2.12. The molecule has 0 aliphatic rings. The molecule has 0 saturated heterocycles. The van der Waals surface area contributed by atoms with E-state index in [0.29, 0.717) is 28.4 Å². The lowest BCUT2D eigenvalue weighted by Gasteiger charge is -2.13. The Morgan fingerprint density at radius 2 is 1.95 bits per heavy atom.